The topological polar surface area (TPSA) is 97.0 Å². The summed E-state index contributed by atoms with van der Waals surface area (Å²) >= 11 is 3.25. The molecular formula is C14H12BrN3O4. The quantitative estimate of drug-likeness (QED) is 0.480. The van der Waals surface area contributed by atoms with Crippen molar-refractivity contribution in [1.29, 1.82) is 0 Å². The number of benzene rings is 2. The first kappa shape index (κ1) is 15.8. The van der Waals surface area contributed by atoms with Gasteiger partial charge < -0.3 is 9.84 Å². The highest BCUT2D eigenvalue weighted by Crippen LogP contribution is 2.35. The van der Waals surface area contributed by atoms with Crippen LogP contribution in [0.15, 0.2) is 46.0 Å². The molecule has 0 aromatic heterocycles. The van der Waals surface area contributed by atoms with Gasteiger partial charge in [-0.25, -0.2) is 0 Å². The fraction of sp³-hybridized carbons (Fsp3) is 0.0714. The van der Waals surface area contributed by atoms with Crippen molar-refractivity contribution in [2.24, 2.45) is 5.10 Å². The van der Waals surface area contributed by atoms with Gasteiger partial charge in [-0.3, -0.25) is 15.5 Å². The van der Waals surface area contributed by atoms with Crippen LogP contribution in [0.2, 0.25) is 0 Å². The van der Waals surface area contributed by atoms with Gasteiger partial charge in [0.25, 0.3) is 5.69 Å². The Hall–Kier alpha value is -2.61. The van der Waals surface area contributed by atoms with Crippen molar-refractivity contribution in [3.05, 3.63) is 56.5 Å². The summed E-state index contributed by atoms with van der Waals surface area (Å²) in [5.41, 5.74) is 3.78. The zero-order chi connectivity index (χ0) is 16.1. The molecule has 0 saturated heterocycles. The van der Waals surface area contributed by atoms with Crippen molar-refractivity contribution in [3.63, 3.8) is 0 Å². The lowest BCUT2D eigenvalue weighted by Crippen LogP contribution is -1.94. The Balaban J connectivity index is 2.15. The second-order valence-electron chi connectivity index (χ2n) is 4.20. The summed E-state index contributed by atoms with van der Waals surface area (Å²) in [7, 11) is 1.46. The van der Waals surface area contributed by atoms with Crippen LogP contribution in [0, 0.1) is 10.1 Å². The number of nitrogens with zero attached hydrogens (tertiary/aromatic N) is 2. The number of phenolic OH excluding ortho intramolecular Hbond substituents is 1. The number of methoxy groups -OCH3 is 1. The smallest absolute Gasteiger partial charge is 0.271 e. The van der Waals surface area contributed by atoms with E-state index in [1.54, 1.807) is 24.3 Å². The monoisotopic (exact) mass is 365 g/mol. The number of phenols is 1. The van der Waals surface area contributed by atoms with E-state index in [1.165, 1.54) is 25.5 Å². The third kappa shape index (κ3) is 3.53. The van der Waals surface area contributed by atoms with Crippen LogP contribution in [0.5, 0.6) is 11.5 Å². The Labute approximate surface area is 134 Å². The van der Waals surface area contributed by atoms with Gasteiger partial charge in [0.05, 0.1) is 28.4 Å². The van der Waals surface area contributed by atoms with E-state index in [4.69, 9.17) is 4.74 Å². The standard InChI is InChI=1S/C14H12BrN3O4/c1-22-12-6-5-9(13(15)14(12)19)8-16-17-10-3-2-4-11(7-10)18(20)21/h2-8,17,19H,1H3. The maximum Gasteiger partial charge on any atom is 0.271 e. The molecule has 0 aliphatic heterocycles. The summed E-state index contributed by atoms with van der Waals surface area (Å²) in [6.07, 6.45) is 1.47. The highest BCUT2D eigenvalue weighted by atomic mass is 79.9. The molecule has 114 valence electrons. The summed E-state index contributed by atoms with van der Waals surface area (Å²) in [6, 6.07) is 9.30. The van der Waals surface area contributed by atoms with E-state index in [2.05, 4.69) is 26.5 Å². The SMILES string of the molecule is COc1ccc(C=NNc2cccc([N+](=O)[O-])c2)c(Br)c1O. The molecule has 0 bridgehead atoms. The molecule has 0 radical (unpaired) electrons. The Morgan fingerprint density at radius 2 is 2.18 bits per heavy atom. The molecule has 2 aromatic rings. The third-order valence-corrected chi connectivity index (χ3v) is 3.62. The minimum atomic E-state index is -0.479. The Kier molecular flexibility index (Phi) is 4.95. The van der Waals surface area contributed by atoms with Crippen molar-refractivity contribution >= 4 is 33.5 Å². The fourth-order valence-electron chi connectivity index (χ4n) is 1.69. The van der Waals surface area contributed by atoms with E-state index in [1.807, 2.05) is 0 Å². The van der Waals surface area contributed by atoms with E-state index in [-0.39, 0.29) is 11.4 Å². The van der Waals surface area contributed by atoms with Crippen LogP contribution in [0.3, 0.4) is 0 Å². The lowest BCUT2D eigenvalue weighted by atomic mass is 10.2. The number of aromatic hydroxyl groups is 1. The van der Waals surface area contributed by atoms with Crippen LogP contribution in [-0.4, -0.2) is 23.4 Å². The summed E-state index contributed by atoms with van der Waals surface area (Å²) in [4.78, 5) is 10.2. The minimum absolute atomic E-state index is 0.0246. The number of nitro benzene ring substituents is 1. The van der Waals surface area contributed by atoms with Gasteiger partial charge in [0, 0.05) is 17.7 Å². The Morgan fingerprint density at radius 3 is 2.86 bits per heavy atom. The zero-order valence-corrected chi connectivity index (χ0v) is 13.1. The number of nitro groups is 1. The van der Waals surface area contributed by atoms with Gasteiger partial charge >= 0.3 is 0 Å². The molecule has 2 N–H and O–H groups in total. The largest absolute Gasteiger partial charge is 0.503 e. The van der Waals surface area contributed by atoms with Crippen LogP contribution in [-0.2, 0) is 0 Å². The maximum absolute atomic E-state index is 10.7. The highest BCUT2D eigenvalue weighted by molar-refractivity contribution is 9.10. The van der Waals surface area contributed by atoms with Gasteiger partial charge in [-0.15, -0.1) is 0 Å². The summed E-state index contributed by atoms with van der Waals surface area (Å²) < 4.78 is 5.43. The maximum atomic E-state index is 10.7. The second kappa shape index (κ2) is 6.90. The predicted octanol–water partition coefficient (Wildman–Crippen LogP) is 3.52. The zero-order valence-electron chi connectivity index (χ0n) is 11.5. The van der Waals surface area contributed by atoms with Crippen LogP contribution in [0.4, 0.5) is 11.4 Å². The van der Waals surface area contributed by atoms with Crippen molar-refractivity contribution in [3.8, 4) is 11.5 Å². The van der Waals surface area contributed by atoms with Crippen LogP contribution in [0.1, 0.15) is 5.56 Å². The van der Waals surface area contributed by atoms with Gasteiger partial charge in [0.2, 0.25) is 0 Å². The number of rotatable bonds is 5. The molecule has 0 aliphatic carbocycles. The van der Waals surface area contributed by atoms with Gasteiger partial charge in [0.15, 0.2) is 11.5 Å². The molecule has 8 heteroatoms. The van der Waals surface area contributed by atoms with Gasteiger partial charge in [-0.05, 0) is 34.1 Å². The summed E-state index contributed by atoms with van der Waals surface area (Å²) in [5.74, 6) is 0.317. The second-order valence-corrected chi connectivity index (χ2v) is 4.99. The molecular weight excluding hydrogens is 354 g/mol. The lowest BCUT2D eigenvalue weighted by molar-refractivity contribution is -0.384. The number of nitrogens with one attached hydrogen (secondary N) is 1. The molecule has 22 heavy (non-hydrogen) atoms. The van der Waals surface area contributed by atoms with Gasteiger partial charge in [0.1, 0.15) is 0 Å². The fourth-order valence-corrected chi connectivity index (χ4v) is 2.12. The van der Waals surface area contributed by atoms with E-state index in [0.29, 0.717) is 21.5 Å². The van der Waals surface area contributed by atoms with Crippen molar-refractivity contribution in [2.75, 3.05) is 12.5 Å². The Bertz CT molecular complexity index is 734. The van der Waals surface area contributed by atoms with Gasteiger partial charge in [-0.1, -0.05) is 6.07 Å². The van der Waals surface area contributed by atoms with Crippen LogP contribution >= 0.6 is 15.9 Å². The lowest BCUT2D eigenvalue weighted by Gasteiger charge is -2.07. The molecule has 0 fully saturated rings. The predicted molar refractivity (Wildman–Crippen MR) is 86.7 cm³/mol. The summed E-state index contributed by atoms with van der Waals surface area (Å²) in [5, 5.41) is 24.5. The van der Waals surface area contributed by atoms with Crippen LogP contribution < -0.4 is 10.2 Å². The van der Waals surface area contributed by atoms with E-state index >= 15 is 0 Å². The molecule has 0 saturated carbocycles. The molecule has 0 atom stereocenters. The number of anilines is 1. The van der Waals surface area contributed by atoms with Crippen molar-refractivity contribution in [2.45, 2.75) is 0 Å². The van der Waals surface area contributed by atoms with Crippen molar-refractivity contribution < 1.29 is 14.8 Å². The van der Waals surface area contributed by atoms with Gasteiger partial charge in [-0.2, -0.15) is 5.10 Å². The Morgan fingerprint density at radius 1 is 1.41 bits per heavy atom. The van der Waals surface area contributed by atoms with E-state index < -0.39 is 4.92 Å². The average Bonchev–Trinajstić information content (AvgIpc) is 2.52. The molecule has 0 amide bonds. The van der Waals surface area contributed by atoms with Crippen molar-refractivity contribution in [1.82, 2.24) is 0 Å². The average molecular weight is 366 g/mol. The van der Waals surface area contributed by atoms with Crippen LogP contribution in [0.25, 0.3) is 0 Å². The molecule has 0 unspecified atom stereocenters. The minimum Gasteiger partial charge on any atom is -0.503 e. The molecule has 2 aromatic carbocycles. The van der Waals surface area contributed by atoms with E-state index in [9.17, 15) is 15.2 Å². The number of hydrazone groups is 1. The first-order valence-corrected chi connectivity index (χ1v) is 6.91. The number of hydrogen-bond acceptors (Lipinski definition) is 6. The molecule has 0 aliphatic rings. The number of hydrogen-bond donors (Lipinski definition) is 2. The first-order chi connectivity index (χ1) is 10.5. The number of halogens is 1. The molecule has 2 rings (SSSR count). The number of non-ortho nitro benzene ring substituents is 1. The highest BCUT2D eigenvalue weighted by Gasteiger charge is 2.09. The molecule has 0 heterocycles. The van der Waals surface area contributed by atoms with E-state index in [0.717, 1.165) is 0 Å². The normalized spacial score (nSPS) is 10.6. The first-order valence-electron chi connectivity index (χ1n) is 6.12. The summed E-state index contributed by atoms with van der Waals surface area (Å²) in [6.45, 7) is 0. The third-order valence-electron chi connectivity index (χ3n) is 2.78. The molecule has 7 nitrogen and oxygen atoms in total. The number of ether oxygens (including phenoxy) is 1. The molecule has 0 spiro atoms.